The maximum atomic E-state index is 13.8. The number of halogens is 1. The lowest BCUT2D eigenvalue weighted by atomic mass is 9.92. The Morgan fingerprint density at radius 2 is 1.31 bits per heavy atom. The molecule has 0 unspecified atom stereocenters. The summed E-state index contributed by atoms with van der Waals surface area (Å²) in [7, 11) is 0. The molecular weight excluding hydrogens is 764 g/mol. The number of carbonyl (C=O) groups excluding carboxylic acids is 4. The Morgan fingerprint density at radius 1 is 0.778 bits per heavy atom. The van der Waals surface area contributed by atoms with Gasteiger partial charge in [-0.15, -0.1) is 0 Å². The lowest BCUT2D eigenvalue weighted by molar-refractivity contribution is -0.151. The van der Waals surface area contributed by atoms with Crippen LogP contribution in [0.15, 0.2) is 34.5 Å². The first-order chi connectivity index (χ1) is 25.1. The number of hydrogen-bond donors (Lipinski definition) is 3. The molecule has 0 heterocycles. The lowest BCUT2D eigenvalue weighted by Crippen LogP contribution is -2.45. The van der Waals surface area contributed by atoms with Gasteiger partial charge in [0.2, 0.25) is 5.60 Å². The number of rotatable bonds is 10. The molecule has 0 radical (unpaired) electrons. The summed E-state index contributed by atoms with van der Waals surface area (Å²) in [6, 6.07) is 1.53. The van der Waals surface area contributed by atoms with Gasteiger partial charge in [-0.05, 0) is 160 Å². The van der Waals surface area contributed by atoms with E-state index in [0.717, 1.165) is 18.2 Å². The van der Waals surface area contributed by atoms with Crippen molar-refractivity contribution in [3.63, 3.8) is 0 Å². The number of aromatic hydroxyl groups is 1. The van der Waals surface area contributed by atoms with Gasteiger partial charge in [0.25, 0.3) is 0 Å². The van der Waals surface area contributed by atoms with Crippen LogP contribution in [0.3, 0.4) is 0 Å². The van der Waals surface area contributed by atoms with E-state index in [1.165, 1.54) is 13.0 Å². The first-order valence-electron chi connectivity index (χ1n) is 17.1. The number of benzene rings is 3. The summed E-state index contributed by atoms with van der Waals surface area (Å²) in [6.07, 6.45) is 2.81. The highest BCUT2D eigenvalue weighted by atomic mass is 79.9. The minimum absolute atomic E-state index is 0.146. The number of aryl methyl sites for hydroxylation is 1. The number of hydrogen-bond acceptors (Lipinski definition) is 11. The van der Waals surface area contributed by atoms with E-state index in [-0.39, 0.29) is 55.3 Å². The average molecular weight is 808 g/mol. The topological polar surface area (TPSA) is 183 Å². The zero-order valence-corrected chi connectivity index (χ0v) is 33.6. The molecule has 1 aliphatic rings. The van der Waals surface area contributed by atoms with Crippen LogP contribution in [-0.2, 0) is 20.7 Å². The molecule has 0 saturated heterocycles. The Kier molecular flexibility index (Phi) is 12.0. The fourth-order valence-corrected chi connectivity index (χ4v) is 7.03. The molecule has 54 heavy (non-hydrogen) atoms. The van der Waals surface area contributed by atoms with Crippen LogP contribution in [0.25, 0.3) is 0 Å². The Morgan fingerprint density at radius 3 is 1.85 bits per heavy atom. The molecule has 0 fully saturated rings. The van der Waals surface area contributed by atoms with E-state index >= 15 is 0 Å². The average Bonchev–Trinajstić information content (AvgIpc) is 3.08. The van der Waals surface area contributed by atoms with Gasteiger partial charge in [0, 0.05) is 6.08 Å². The number of ketones is 1. The lowest BCUT2D eigenvalue weighted by Gasteiger charge is -2.29. The minimum atomic E-state index is -2.45. The van der Waals surface area contributed by atoms with Crippen molar-refractivity contribution in [1.82, 2.24) is 0 Å². The number of carboxylic acids is 1. The van der Waals surface area contributed by atoms with Gasteiger partial charge >= 0.3 is 23.9 Å². The summed E-state index contributed by atoms with van der Waals surface area (Å²) in [5, 5.41) is 32.2. The predicted octanol–water partition coefficient (Wildman–Crippen LogP) is 7.41. The van der Waals surface area contributed by atoms with Gasteiger partial charge in [-0.1, -0.05) is 6.92 Å². The van der Waals surface area contributed by atoms with Gasteiger partial charge < -0.3 is 34.3 Å². The van der Waals surface area contributed by atoms with Crippen LogP contribution < -0.4 is 14.2 Å². The molecule has 0 spiro atoms. The van der Waals surface area contributed by atoms with Crippen molar-refractivity contribution in [1.29, 1.82) is 0 Å². The second-order valence-electron chi connectivity index (χ2n) is 13.5. The molecule has 0 aliphatic heterocycles. The predicted molar refractivity (Wildman–Crippen MR) is 202 cm³/mol. The van der Waals surface area contributed by atoms with Crippen LogP contribution in [0, 0.1) is 55.4 Å². The van der Waals surface area contributed by atoms with Crippen molar-refractivity contribution < 1.29 is 58.2 Å². The van der Waals surface area contributed by atoms with Gasteiger partial charge in [0.05, 0.1) is 17.2 Å². The van der Waals surface area contributed by atoms with Gasteiger partial charge in [0.15, 0.2) is 11.5 Å². The van der Waals surface area contributed by atoms with Crippen LogP contribution in [0.1, 0.15) is 102 Å². The summed E-state index contributed by atoms with van der Waals surface area (Å²) in [4.78, 5) is 64.8. The molecule has 3 N–H and O–H groups in total. The SMILES string of the molecule is CCc1c(OC(=O)c2c(C)c(C)c(OC(=O)[C@@]3(O)C=CC(=O)C=C3OC(C)C)c(Br)c2O)cc(C)c(C(=O)Oc2c(C)c(C)c(C(=O)O)c(C)c2C)c1C. The number of allylic oxidation sites excluding steroid dienone is 2. The Hall–Kier alpha value is -5.27. The fraction of sp³-hybridized carbons (Fsp3) is 0.341. The summed E-state index contributed by atoms with van der Waals surface area (Å²) in [6.45, 7) is 18.3. The quantitative estimate of drug-likeness (QED) is 0.137. The maximum Gasteiger partial charge on any atom is 0.355 e. The van der Waals surface area contributed by atoms with Crippen molar-refractivity contribution >= 4 is 45.6 Å². The standard InChI is InChI=1S/C41H43BrO12/c1-12-27-25(11)30(38(47)53-35-22(8)19(5)31(37(45)46)20(6)23(35)9)18(4)15-28(27)52-39(48)32-21(7)24(10)36(33(42)34(32)44)54-40(49)41(50)14-13-26(43)16-29(41)51-17(2)3/h13-17,44,50H,12H2,1-11H3,(H,45,46)/t41-/m1/s1. The first kappa shape index (κ1) is 41.5. The molecule has 0 saturated carbocycles. The molecule has 1 atom stereocenters. The van der Waals surface area contributed by atoms with Crippen LogP contribution >= 0.6 is 15.9 Å². The highest BCUT2D eigenvalue weighted by Crippen LogP contribution is 2.44. The van der Waals surface area contributed by atoms with Crippen LogP contribution in [-0.4, -0.2) is 56.7 Å². The third-order valence-electron chi connectivity index (χ3n) is 9.72. The Bertz CT molecular complexity index is 2150. The molecule has 286 valence electrons. The summed E-state index contributed by atoms with van der Waals surface area (Å²) < 4.78 is 22.7. The minimum Gasteiger partial charge on any atom is -0.506 e. The second kappa shape index (κ2) is 15.6. The Labute approximate surface area is 321 Å². The second-order valence-corrected chi connectivity index (χ2v) is 14.3. The molecule has 4 rings (SSSR count). The normalized spacial score (nSPS) is 15.2. The maximum absolute atomic E-state index is 13.8. The van der Waals surface area contributed by atoms with Gasteiger partial charge in [-0.3, -0.25) is 4.79 Å². The van der Waals surface area contributed by atoms with Crippen molar-refractivity contribution in [3.8, 4) is 23.0 Å². The zero-order chi connectivity index (χ0) is 40.7. The number of aromatic carboxylic acids is 1. The van der Waals surface area contributed by atoms with E-state index in [1.807, 2.05) is 6.92 Å². The van der Waals surface area contributed by atoms with E-state index in [2.05, 4.69) is 15.9 Å². The molecule has 0 aromatic heterocycles. The van der Waals surface area contributed by atoms with E-state index in [9.17, 15) is 39.3 Å². The highest BCUT2D eigenvalue weighted by Gasteiger charge is 2.45. The van der Waals surface area contributed by atoms with E-state index in [0.29, 0.717) is 45.4 Å². The largest absolute Gasteiger partial charge is 0.506 e. The van der Waals surface area contributed by atoms with E-state index in [4.69, 9.17) is 18.9 Å². The van der Waals surface area contributed by atoms with Crippen molar-refractivity contribution in [2.24, 2.45) is 0 Å². The van der Waals surface area contributed by atoms with E-state index < -0.39 is 47.1 Å². The van der Waals surface area contributed by atoms with Crippen LogP contribution in [0.2, 0.25) is 0 Å². The fourth-order valence-electron chi connectivity index (χ4n) is 6.46. The molecule has 3 aromatic carbocycles. The number of ether oxygens (including phenoxy) is 4. The van der Waals surface area contributed by atoms with Gasteiger partial charge in [0.1, 0.15) is 33.0 Å². The third-order valence-corrected chi connectivity index (χ3v) is 10.5. The number of phenolic OH excluding ortho intramolecular Hbond substituents is 1. The number of aliphatic hydroxyl groups is 1. The van der Waals surface area contributed by atoms with Crippen LogP contribution in [0.5, 0.6) is 23.0 Å². The number of phenols is 1. The molecule has 3 aromatic rings. The Balaban J connectivity index is 1.68. The number of carboxylic acid groups (broad SMARTS) is 1. The molecule has 13 heteroatoms. The van der Waals surface area contributed by atoms with Crippen molar-refractivity contribution in [2.75, 3.05) is 0 Å². The highest BCUT2D eigenvalue weighted by molar-refractivity contribution is 9.10. The number of carbonyl (C=O) groups is 5. The van der Waals surface area contributed by atoms with Gasteiger partial charge in [-0.25, -0.2) is 19.2 Å². The number of esters is 3. The summed E-state index contributed by atoms with van der Waals surface area (Å²) >= 11 is 3.22. The van der Waals surface area contributed by atoms with Crippen molar-refractivity contribution in [3.05, 3.63) is 101 Å². The van der Waals surface area contributed by atoms with E-state index in [1.54, 1.807) is 62.3 Å². The van der Waals surface area contributed by atoms with Crippen molar-refractivity contribution in [2.45, 2.75) is 94.3 Å². The smallest absolute Gasteiger partial charge is 0.355 e. The summed E-state index contributed by atoms with van der Waals surface area (Å²) in [5.74, 6) is -5.09. The third kappa shape index (κ3) is 7.42. The molecule has 0 bridgehead atoms. The molecular formula is C41H43BrO12. The molecule has 1 aliphatic carbocycles. The summed E-state index contributed by atoms with van der Waals surface area (Å²) in [5.41, 5.74) is 1.70. The zero-order valence-electron chi connectivity index (χ0n) is 32.0. The first-order valence-corrected chi connectivity index (χ1v) is 17.9. The van der Waals surface area contributed by atoms with Crippen LogP contribution in [0.4, 0.5) is 0 Å². The monoisotopic (exact) mass is 806 g/mol. The molecule has 0 amide bonds. The molecule has 12 nitrogen and oxygen atoms in total. The van der Waals surface area contributed by atoms with Gasteiger partial charge in [-0.2, -0.15) is 0 Å².